The monoisotopic (exact) mass is 425 g/mol. The van der Waals surface area contributed by atoms with Crippen molar-refractivity contribution in [2.45, 2.75) is 33.4 Å². The van der Waals surface area contributed by atoms with Gasteiger partial charge in [-0.25, -0.2) is 0 Å². The molecular weight excluding hydrogens is 409 g/mol. The summed E-state index contributed by atoms with van der Waals surface area (Å²) in [6.07, 6.45) is 3.10. The van der Waals surface area contributed by atoms with Crippen molar-refractivity contribution in [3.05, 3.63) is 62.6 Å². The summed E-state index contributed by atoms with van der Waals surface area (Å²) in [7, 11) is 0. The summed E-state index contributed by atoms with van der Waals surface area (Å²) >= 11 is 18.1. The van der Waals surface area contributed by atoms with Crippen LogP contribution in [0, 0.1) is 13.8 Å². The SMILES string of the molecule is Cc1nn(Cc2ccc(Cl)cc2Cl)c(C)c1NC(=O)C(C)n1cc(Cl)cn1. The molecular formula is C18H18Cl3N5O. The summed E-state index contributed by atoms with van der Waals surface area (Å²) in [6.45, 7) is 5.97. The van der Waals surface area contributed by atoms with Gasteiger partial charge < -0.3 is 5.32 Å². The summed E-state index contributed by atoms with van der Waals surface area (Å²) in [5, 5.41) is 13.2. The average molecular weight is 427 g/mol. The highest BCUT2D eigenvalue weighted by Gasteiger charge is 2.20. The molecule has 0 aliphatic rings. The zero-order valence-electron chi connectivity index (χ0n) is 15.0. The van der Waals surface area contributed by atoms with E-state index >= 15 is 0 Å². The Morgan fingerprint density at radius 1 is 1.22 bits per heavy atom. The molecule has 1 amide bonds. The molecule has 0 radical (unpaired) electrons. The predicted molar refractivity (Wildman–Crippen MR) is 108 cm³/mol. The van der Waals surface area contributed by atoms with Crippen LogP contribution in [0.5, 0.6) is 0 Å². The van der Waals surface area contributed by atoms with Crippen molar-refractivity contribution in [3.63, 3.8) is 0 Å². The van der Waals surface area contributed by atoms with Crippen LogP contribution >= 0.6 is 34.8 Å². The first-order valence-corrected chi connectivity index (χ1v) is 9.38. The highest BCUT2D eigenvalue weighted by molar-refractivity contribution is 6.35. The van der Waals surface area contributed by atoms with Gasteiger partial charge in [-0.05, 0) is 38.5 Å². The van der Waals surface area contributed by atoms with Crippen LogP contribution in [0.2, 0.25) is 15.1 Å². The van der Waals surface area contributed by atoms with Crippen LogP contribution in [-0.4, -0.2) is 25.5 Å². The maximum Gasteiger partial charge on any atom is 0.249 e. The minimum Gasteiger partial charge on any atom is -0.321 e. The molecule has 2 aromatic heterocycles. The molecule has 1 unspecified atom stereocenters. The van der Waals surface area contributed by atoms with Gasteiger partial charge in [0.05, 0.1) is 34.8 Å². The van der Waals surface area contributed by atoms with Crippen molar-refractivity contribution in [2.75, 3.05) is 5.32 Å². The van der Waals surface area contributed by atoms with Crippen molar-refractivity contribution in [1.82, 2.24) is 19.6 Å². The van der Waals surface area contributed by atoms with Crippen LogP contribution < -0.4 is 5.32 Å². The lowest BCUT2D eigenvalue weighted by Crippen LogP contribution is -2.24. The minimum absolute atomic E-state index is 0.204. The van der Waals surface area contributed by atoms with Gasteiger partial charge in [0.15, 0.2) is 0 Å². The number of anilines is 1. The van der Waals surface area contributed by atoms with Gasteiger partial charge in [-0.1, -0.05) is 40.9 Å². The van der Waals surface area contributed by atoms with E-state index in [9.17, 15) is 4.79 Å². The van der Waals surface area contributed by atoms with Crippen molar-refractivity contribution >= 4 is 46.4 Å². The van der Waals surface area contributed by atoms with E-state index in [1.807, 2.05) is 19.9 Å². The van der Waals surface area contributed by atoms with Crippen molar-refractivity contribution in [1.29, 1.82) is 0 Å². The molecule has 9 heteroatoms. The summed E-state index contributed by atoms with van der Waals surface area (Å²) in [6, 6.07) is 4.84. The molecule has 1 atom stereocenters. The molecule has 27 heavy (non-hydrogen) atoms. The Hall–Kier alpha value is -2.02. The van der Waals surface area contributed by atoms with Crippen molar-refractivity contribution in [3.8, 4) is 0 Å². The molecule has 1 aromatic carbocycles. The molecule has 0 saturated carbocycles. The number of carbonyl (C=O) groups is 1. The summed E-state index contributed by atoms with van der Waals surface area (Å²) in [4.78, 5) is 12.6. The Labute approximate surface area is 172 Å². The third-order valence-electron chi connectivity index (χ3n) is 4.31. The average Bonchev–Trinajstić information content (AvgIpc) is 3.15. The van der Waals surface area contributed by atoms with Crippen LogP contribution in [0.25, 0.3) is 0 Å². The predicted octanol–water partition coefficient (Wildman–Crippen LogP) is 4.90. The van der Waals surface area contributed by atoms with E-state index in [-0.39, 0.29) is 5.91 Å². The molecule has 0 saturated heterocycles. The van der Waals surface area contributed by atoms with Gasteiger partial charge in [0.1, 0.15) is 6.04 Å². The molecule has 0 spiro atoms. The molecule has 0 bridgehead atoms. The van der Waals surface area contributed by atoms with Crippen LogP contribution in [-0.2, 0) is 11.3 Å². The van der Waals surface area contributed by atoms with Gasteiger partial charge in [0.2, 0.25) is 5.91 Å². The highest BCUT2D eigenvalue weighted by atomic mass is 35.5. The number of halogens is 3. The van der Waals surface area contributed by atoms with E-state index in [4.69, 9.17) is 34.8 Å². The number of rotatable bonds is 5. The summed E-state index contributed by atoms with van der Waals surface area (Å²) in [5.74, 6) is -0.204. The molecule has 6 nitrogen and oxygen atoms in total. The third-order valence-corrected chi connectivity index (χ3v) is 5.09. The van der Waals surface area contributed by atoms with E-state index in [2.05, 4.69) is 15.5 Å². The van der Waals surface area contributed by atoms with Gasteiger partial charge >= 0.3 is 0 Å². The molecule has 0 fully saturated rings. The molecule has 0 aliphatic carbocycles. The number of benzene rings is 1. The number of hydrogen-bond donors (Lipinski definition) is 1. The van der Waals surface area contributed by atoms with Gasteiger partial charge in [0.25, 0.3) is 0 Å². The van der Waals surface area contributed by atoms with Crippen LogP contribution in [0.15, 0.2) is 30.6 Å². The number of amides is 1. The topological polar surface area (TPSA) is 64.7 Å². The maximum atomic E-state index is 12.6. The van der Waals surface area contributed by atoms with Gasteiger partial charge in [-0.3, -0.25) is 14.2 Å². The number of hydrogen-bond acceptors (Lipinski definition) is 3. The number of aromatic nitrogens is 4. The summed E-state index contributed by atoms with van der Waals surface area (Å²) < 4.78 is 3.32. The number of aryl methyl sites for hydroxylation is 1. The lowest BCUT2D eigenvalue weighted by Gasteiger charge is -2.13. The van der Waals surface area contributed by atoms with Gasteiger partial charge in [-0.15, -0.1) is 0 Å². The standard InChI is InChI=1S/C18H18Cl3N5O/c1-10-17(23-18(27)12(3)25-9-15(20)7-22-25)11(2)26(24-10)8-13-4-5-14(19)6-16(13)21/h4-7,9,12H,8H2,1-3H3,(H,23,27). The van der Waals surface area contributed by atoms with E-state index in [1.165, 1.54) is 10.9 Å². The Bertz CT molecular complexity index is 995. The Morgan fingerprint density at radius 2 is 1.96 bits per heavy atom. The van der Waals surface area contributed by atoms with Crippen molar-refractivity contribution in [2.24, 2.45) is 0 Å². The second-order valence-corrected chi connectivity index (χ2v) is 7.52. The molecule has 0 aliphatic heterocycles. The van der Waals surface area contributed by atoms with Crippen LogP contribution in [0.3, 0.4) is 0 Å². The van der Waals surface area contributed by atoms with Gasteiger partial charge in [0, 0.05) is 16.2 Å². The van der Waals surface area contributed by atoms with Crippen LogP contribution in [0.4, 0.5) is 5.69 Å². The molecule has 142 valence electrons. The quantitative estimate of drug-likeness (QED) is 0.631. The fraction of sp³-hybridized carbons (Fsp3) is 0.278. The van der Waals surface area contributed by atoms with Crippen LogP contribution in [0.1, 0.15) is 29.9 Å². The fourth-order valence-electron chi connectivity index (χ4n) is 2.72. The third kappa shape index (κ3) is 4.29. The van der Waals surface area contributed by atoms with E-state index in [0.717, 1.165) is 17.0 Å². The Kier molecular flexibility index (Phi) is 5.79. The smallest absolute Gasteiger partial charge is 0.249 e. The number of nitrogens with one attached hydrogen (secondary N) is 1. The fourth-order valence-corrected chi connectivity index (χ4v) is 3.33. The maximum absolute atomic E-state index is 12.6. The largest absolute Gasteiger partial charge is 0.321 e. The second-order valence-electron chi connectivity index (χ2n) is 6.24. The summed E-state index contributed by atoms with van der Waals surface area (Å²) in [5.41, 5.74) is 3.12. The molecule has 3 rings (SSSR count). The van der Waals surface area contributed by atoms with Crippen molar-refractivity contribution < 1.29 is 4.79 Å². The first-order chi connectivity index (χ1) is 12.8. The Balaban J connectivity index is 1.80. The van der Waals surface area contributed by atoms with E-state index in [0.29, 0.717) is 27.3 Å². The number of nitrogens with zero attached hydrogens (tertiary/aromatic N) is 4. The van der Waals surface area contributed by atoms with E-state index < -0.39 is 6.04 Å². The Morgan fingerprint density at radius 3 is 2.59 bits per heavy atom. The lowest BCUT2D eigenvalue weighted by molar-refractivity contribution is -0.119. The molecule has 1 N–H and O–H groups in total. The zero-order chi connectivity index (χ0) is 19.7. The zero-order valence-corrected chi connectivity index (χ0v) is 17.3. The number of carbonyl (C=O) groups excluding carboxylic acids is 1. The minimum atomic E-state index is -0.509. The molecule has 2 heterocycles. The molecule has 3 aromatic rings. The highest BCUT2D eigenvalue weighted by Crippen LogP contribution is 2.25. The first-order valence-electron chi connectivity index (χ1n) is 8.24. The van der Waals surface area contributed by atoms with E-state index in [1.54, 1.807) is 29.9 Å². The second kappa shape index (κ2) is 7.92. The lowest BCUT2D eigenvalue weighted by atomic mass is 10.2. The van der Waals surface area contributed by atoms with Gasteiger partial charge in [-0.2, -0.15) is 10.2 Å². The first kappa shape index (κ1) is 19.7. The normalized spacial score (nSPS) is 12.2.